The fourth-order valence-corrected chi connectivity index (χ4v) is 8.52. The predicted octanol–water partition coefficient (Wildman–Crippen LogP) is 3.99. The van der Waals surface area contributed by atoms with Gasteiger partial charge in [0, 0.05) is 42.9 Å². The van der Waals surface area contributed by atoms with Crippen LogP contribution in [0.5, 0.6) is 5.75 Å². The fourth-order valence-electron chi connectivity index (χ4n) is 8.52. The zero-order valence-electron chi connectivity index (χ0n) is 39.2. The number of H-pyrrole nitrogens is 1. The molecule has 0 radical (unpaired) electrons. The molecule has 1 fully saturated rings. The summed E-state index contributed by atoms with van der Waals surface area (Å²) in [6.45, 7) is 7.20. The molecule has 0 spiro atoms. The first-order chi connectivity index (χ1) is 32.5. The lowest BCUT2D eigenvalue weighted by Crippen LogP contribution is -2.62. The van der Waals surface area contributed by atoms with Gasteiger partial charge in [-0.3, -0.25) is 24.0 Å². The number of carboxylic acid groups (broad SMARTS) is 1. The quantitative estimate of drug-likeness (QED) is 0.0559. The summed E-state index contributed by atoms with van der Waals surface area (Å²) in [5.41, 5.74) is 9.39. The van der Waals surface area contributed by atoms with E-state index in [0.717, 1.165) is 27.6 Å². The van der Waals surface area contributed by atoms with Gasteiger partial charge in [0.05, 0.1) is 24.9 Å². The number of carbonyl (C=O) groups excluding carboxylic acids is 5. The summed E-state index contributed by atoms with van der Waals surface area (Å²) in [5, 5.41) is 22.2. The van der Waals surface area contributed by atoms with E-state index in [9.17, 15) is 33.9 Å². The zero-order valence-corrected chi connectivity index (χ0v) is 39.2. The van der Waals surface area contributed by atoms with E-state index in [2.05, 4.69) is 26.3 Å². The van der Waals surface area contributed by atoms with Crippen molar-refractivity contribution in [3.05, 3.63) is 138 Å². The molecule has 0 bridgehead atoms. The summed E-state index contributed by atoms with van der Waals surface area (Å²) in [5.74, 6) is -3.91. The zero-order chi connectivity index (χ0) is 49.0. The Balaban J connectivity index is 1.31. The predicted molar refractivity (Wildman–Crippen MR) is 257 cm³/mol. The molecule has 5 amide bonds. The molecule has 1 aliphatic rings. The van der Waals surface area contributed by atoms with Gasteiger partial charge in [-0.2, -0.15) is 0 Å². The van der Waals surface area contributed by atoms with Crippen LogP contribution in [0.1, 0.15) is 62.8 Å². The van der Waals surface area contributed by atoms with Gasteiger partial charge in [0.1, 0.15) is 36.0 Å². The molecule has 0 aliphatic carbocycles. The Morgan fingerprint density at radius 3 is 1.88 bits per heavy atom. The van der Waals surface area contributed by atoms with Crippen LogP contribution in [0.2, 0.25) is 0 Å². The van der Waals surface area contributed by atoms with Crippen LogP contribution in [0.3, 0.4) is 0 Å². The van der Waals surface area contributed by atoms with Crippen molar-refractivity contribution < 1.29 is 43.3 Å². The molecule has 0 unspecified atom stereocenters. The molecular formula is C52H63N7O9. The van der Waals surface area contributed by atoms with Crippen molar-refractivity contribution in [2.24, 2.45) is 5.73 Å². The molecule has 4 aromatic carbocycles. The van der Waals surface area contributed by atoms with Gasteiger partial charge in [-0.15, -0.1) is 0 Å². The molecule has 16 nitrogen and oxygen atoms in total. The SMILES string of the molecule is COc1ccc(C[C@H](NC(=O)[C@@H](Cc2c[nH]c3ccccc23)NC(=O)[C@@H](N)Cc2ccccc2)C(=O)N[C@H](C(=O)N[C@@H](Cc2ccccc2)C(=O)N2CCC[C@H]2C(=O)O)[C@@H](C)OC(C)(C)C)cc1. The monoisotopic (exact) mass is 929 g/mol. The first-order valence-corrected chi connectivity index (χ1v) is 22.9. The Bertz CT molecular complexity index is 2510. The number of amides is 5. The van der Waals surface area contributed by atoms with Crippen LogP contribution in [-0.2, 0) is 59.2 Å². The third kappa shape index (κ3) is 13.8. The summed E-state index contributed by atoms with van der Waals surface area (Å²) in [6, 6.07) is 25.5. The number of hydrogen-bond donors (Lipinski definition) is 7. The van der Waals surface area contributed by atoms with E-state index < -0.39 is 83.5 Å². The van der Waals surface area contributed by atoms with Gasteiger partial charge in [0.2, 0.25) is 29.5 Å². The van der Waals surface area contributed by atoms with Gasteiger partial charge in [-0.1, -0.05) is 91.0 Å². The van der Waals surface area contributed by atoms with Gasteiger partial charge in [-0.25, -0.2) is 4.79 Å². The number of nitrogens with one attached hydrogen (secondary N) is 5. The van der Waals surface area contributed by atoms with Gasteiger partial charge in [0.25, 0.3) is 0 Å². The Kier molecular flexibility index (Phi) is 17.1. The lowest BCUT2D eigenvalue weighted by Gasteiger charge is -2.33. The molecule has 16 heteroatoms. The van der Waals surface area contributed by atoms with Crippen molar-refractivity contribution in [1.29, 1.82) is 0 Å². The Hall–Kier alpha value is -7.04. The topological polar surface area (TPSA) is 234 Å². The van der Waals surface area contributed by atoms with Crippen LogP contribution < -0.4 is 31.7 Å². The maximum absolute atomic E-state index is 14.8. The number of carbonyl (C=O) groups is 6. The molecule has 5 aromatic rings. The first-order valence-electron chi connectivity index (χ1n) is 22.9. The average Bonchev–Trinajstić information content (AvgIpc) is 3.98. The van der Waals surface area contributed by atoms with Crippen LogP contribution >= 0.6 is 0 Å². The van der Waals surface area contributed by atoms with E-state index in [4.69, 9.17) is 15.2 Å². The molecule has 360 valence electrons. The van der Waals surface area contributed by atoms with Crippen molar-refractivity contribution in [2.75, 3.05) is 13.7 Å². The molecule has 1 saturated heterocycles. The normalized spacial score (nSPS) is 16.4. The van der Waals surface area contributed by atoms with Gasteiger partial charge in [0.15, 0.2) is 0 Å². The molecule has 2 heterocycles. The Morgan fingerprint density at radius 1 is 0.706 bits per heavy atom. The lowest BCUT2D eigenvalue weighted by atomic mass is 10.00. The van der Waals surface area contributed by atoms with E-state index in [1.807, 2.05) is 60.7 Å². The smallest absolute Gasteiger partial charge is 0.326 e. The molecule has 0 saturated carbocycles. The van der Waals surface area contributed by atoms with E-state index >= 15 is 0 Å². The third-order valence-corrected chi connectivity index (χ3v) is 11.9. The summed E-state index contributed by atoms with van der Waals surface area (Å²) in [6.07, 6.45) is 1.78. The highest BCUT2D eigenvalue weighted by Crippen LogP contribution is 2.22. The number of benzene rings is 4. The fraction of sp³-hybridized carbons (Fsp3) is 0.385. The minimum atomic E-state index is -1.42. The maximum Gasteiger partial charge on any atom is 0.326 e. The van der Waals surface area contributed by atoms with Crippen molar-refractivity contribution in [2.45, 2.75) is 114 Å². The van der Waals surface area contributed by atoms with E-state index in [-0.39, 0.29) is 38.6 Å². The summed E-state index contributed by atoms with van der Waals surface area (Å²) in [7, 11) is 1.53. The number of para-hydroxylation sites is 1. The molecule has 1 aromatic heterocycles. The number of nitrogens with two attached hydrogens (primary N) is 1. The van der Waals surface area contributed by atoms with Gasteiger partial charge >= 0.3 is 5.97 Å². The van der Waals surface area contributed by atoms with Crippen molar-refractivity contribution in [3.8, 4) is 5.75 Å². The minimum Gasteiger partial charge on any atom is -0.497 e. The maximum atomic E-state index is 14.8. The second-order valence-corrected chi connectivity index (χ2v) is 18.2. The minimum absolute atomic E-state index is 0.0363. The van der Waals surface area contributed by atoms with E-state index in [1.165, 1.54) is 12.0 Å². The first kappa shape index (κ1) is 50.4. The number of likely N-dealkylation sites (tertiary alicyclic amines) is 1. The number of nitrogens with zero attached hydrogens (tertiary/aromatic N) is 1. The van der Waals surface area contributed by atoms with Crippen LogP contribution in [-0.4, -0.2) is 112 Å². The number of ether oxygens (including phenoxy) is 2. The highest BCUT2D eigenvalue weighted by atomic mass is 16.5. The number of rotatable bonds is 21. The van der Waals surface area contributed by atoms with Crippen LogP contribution in [0, 0.1) is 0 Å². The van der Waals surface area contributed by atoms with Gasteiger partial charge < -0.3 is 51.5 Å². The molecule has 6 rings (SSSR count). The van der Waals surface area contributed by atoms with Crippen LogP contribution in [0.25, 0.3) is 10.9 Å². The number of fused-ring (bicyclic) bond motifs is 1. The lowest BCUT2D eigenvalue weighted by molar-refractivity contribution is -0.150. The molecule has 68 heavy (non-hydrogen) atoms. The number of aliphatic carboxylic acids is 1. The number of hydrogen-bond acceptors (Lipinski definition) is 9. The third-order valence-electron chi connectivity index (χ3n) is 11.9. The highest BCUT2D eigenvalue weighted by Gasteiger charge is 2.40. The van der Waals surface area contributed by atoms with E-state index in [1.54, 1.807) is 82.4 Å². The number of methoxy groups -OCH3 is 1. The summed E-state index contributed by atoms with van der Waals surface area (Å²) in [4.78, 5) is 88.9. The molecule has 8 N–H and O–H groups in total. The second-order valence-electron chi connectivity index (χ2n) is 18.2. The second kappa shape index (κ2) is 23.1. The number of carboxylic acids is 1. The largest absolute Gasteiger partial charge is 0.497 e. The molecular weight excluding hydrogens is 867 g/mol. The Labute approximate surface area is 396 Å². The number of aromatic amines is 1. The molecule has 7 atom stereocenters. The van der Waals surface area contributed by atoms with E-state index in [0.29, 0.717) is 17.7 Å². The Morgan fingerprint density at radius 2 is 1.25 bits per heavy atom. The summed E-state index contributed by atoms with van der Waals surface area (Å²) < 4.78 is 11.6. The highest BCUT2D eigenvalue weighted by molar-refractivity contribution is 5.97. The van der Waals surface area contributed by atoms with Crippen molar-refractivity contribution in [3.63, 3.8) is 0 Å². The van der Waals surface area contributed by atoms with Crippen molar-refractivity contribution >= 4 is 46.4 Å². The van der Waals surface area contributed by atoms with Gasteiger partial charge in [-0.05, 0) is 87.4 Å². The summed E-state index contributed by atoms with van der Waals surface area (Å²) >= 11 is 0. The molecule has 1 aliphatic heterocycles. The van der Waals surface area contributed by atoms with Crippen LogP contribution in [0.4, 0.5) is 0 Å². The standard InChI is InChI=1S/C52H63N7O9/c1-32(68-52(2,3)4)45(49(63)57-43(29-34-17-10-7-11-18-34)50(64)59-26-14-21-44(59)51(65)66)58-48(62)41(28-35-22-24-37(67-5)25-23-35)56-47(61)42(30-36-31-54-40-20-13-12-19-38(36)40)55-46(60)39(53)27-33-15-8-6-9-16-33/h6-13,15-20,22-25,31-32,39,41-45,54H,14,21,26-30,53H2,1-5H3,(H,55,60)(H,56,61)(H,57,63)(H,58,62)(H,65,66)/t32-,39+,41+,42-,43+,44+,45+/m1/s1. The average molecular weight is 930 g/mol. The number of aromatic nitrogens is 1. The van der Waals surface area contributed by atoms with Crippen LogP contribution in [0.15, 0.2) is 115 Å². The van der Waals surface area contributed by atoms with Crippen molar-refractivity contribution in [1.82, 2.24) is 31.2 Å².